The van der Waals surface area contributed by atoms with Gasteiger partial charge in [0.15, 0.2) is 0 Å². The highest BCUT2D eigenvalue weighted by molar-refractivity contribution is 5.70. The molecule has 17 heavy (non-hydrogen) atoms. The van der Waals surface area contributed by atoms with Gasteiger partial charge in [-0.3, -0.25) is 4.79 Å². The first-order valence-electron chi connectivity index (χ1n) is 5.71. The Bertz CT molecular complexity index is 453. The fourth-order valence-electron chi connectivity index (χ4n) is 2.07. The summed E-state index contributed by atoms with van der Waals surface area (Å²) >= 11 is 0. The predicted molar refractivity (Wildman–Crippen MR) is 62.4 cm³/mol. The Hall–Kier alpha value is -1.71. The van der Waals surface area contributed by atoms with Crippen LogP contribution >= 0.6 is 0 Å². The van der Waals surface area contributed by atoms with Gasteiger partial charge in [0.2, 0.25) is 0 Å². The quantitative estimate of drug-likeness (QED) is 0.842. The molecule has 0 amide bonds. The maximum absolute atomic E-state index is 10.8. The second-order valence-corrected chi connectivity index (χ2v) is 4.66. The third-order valence-electron chi connectivity index (χ3n) is 3.04. The molecule has 0 radical (unpaired) electrons. The summed E-state index contributed by atoms with van der Waals surface area (Å²) in [6, 6.07) is 3.44. The molecule has 4 nitrogen and oxygen atoms in total. The Kier molecular flexibility index (Phi) is 2.96. The summed E-state index contributed by atoms with van der Waals surface area (Å²) in [5.74, 6) is -0.450. The lowest BCUT2D eigenvalue weighted by atomic mass is 9.98. The van der Waals surface area contributed by atoms with E-state index in [1.54, 1.807) is 19.1 Å². The molecule has 92 valence electrons. The molecule has 0 aromatic heterocycles. The van der Waals surface area contributed by atoms with Gasteiger partial charge < -0.3 is 14.9 Å². The van der Waals surface area contributed by atoms with Crippen molar-refractivity contribution in [2.75, 3.05) is 0 Å². The van der Waals surface area contributed by atoms with Crippen LogP contribution in [0.4, 0.5) is 0 Å². The first-order valence-corrected chi connectivity index (χ1v) is 5.71. The van der Waals surface area contributed by atoms with E-state index < -0.39 is 11.9 Å². The lowest BCUT2D eigenvalue weighted by Gasteiger charge is -2.10. The minimum absolute atomic E-state index is 0.122. The number of carbonyl (C=O) groups is 1. The molecule has 4 heteroatoms. The number of aliphatic carboxylic acids is 1. The van der Waals surface area contributed by atoms with Crippen LogP contribution in [0.5, 0.6) is 11.5 Å². The number of rotatable bonds is 3. The van der Waals surface area contributed by atoms with Crippen LogP contribution in [0.2, 0.25) is 0 Å². The largest absolute Gasteiger partial charge is 0.508 e. The van der Waals surface area contributed by atoms with Gasteiger partial charge in [0, 0.05) is 12.0 Å². The Morgan fingerprint density at radius 3 is 2.94 bits per heavy atom. The summed E-state index contributed by atoms with van der Waals surface area (Å²) in [5.41, 5.74) is 1.62. The summed E-state index contributed by atoms with van der Waals surface area (Å²) in [6.45, 7) is 3.59. The van der Waals surface area contributed by atoms with Crippen molar-refractivity contribution in [2.24, 2.45) is 5.92 Å². The Labute approximate surface area is 99.8 Å². The van der Waals surface area contributed by atoms with E-state index in [-0.39, 0.29) is 11.9 Å². The second-order valence-electron chi connectivity index (χ2n) is 4.66. The number of phenolic OH excluding ortho intramolecular Hbond substituents is 1. The van der Waals surface area contributed by atoms with Crippen LogP contribution < -0.4 is 4.74 Å². The lowest BCUT2D eigenvalue weighted by Crippen LogP contribution is -2.12. The van der Waals surface area contributed by atoms with E-state index in [0.29, 0.717) is 12.0 Å². The number of hydrogen-bond donors (Lipinski definition) is 2. The molecule has 0 aliphatic carbocycles. The number of aromatic hydroxyl groups is 1. The van der Waals surface area contributed by atoms with Gasteiger partial charge in [-0.25, -0.2) is 0 Å². The smallest absolute Gasteiger partial charge is 0.306 e. The molecule has 2 unspecified atom stereocenters. The van der Waals surface area contributed by atoms with Crippen LogP contribution in [0.15, 0.2) is 12.1 Å². The van der Waals surface area contributed by atoms with Gasteiger partial charge in [-0.2, -0.15) is 0 Å². The average molecular weight is 236 g/mol. The molecule has 0 spiro atoms. The number of phenols is 1. The Balaban J connectivity index is 2.25. The van der Waals surface area contributed by atoms with Crippen molar-refractivity contribution in [3.8, 4) is 11.5 Å². The molecule has 0 saturated carbocycles. The van der Waals surface area contributed by atoms with E-state index in [0.717, 1.165) is 17.7 Å². The minimum Gasteiger partial charge on any atom is -0.508 e. The predicted octanol–water partition coefficient (Wildman–Crippen LogP) is 1.98. The van der Waals surface area contributed by atoms with E-state index in [2.05, 4.69) is 0 Å². The number of fused-ring (bicyclic) bond motifs is 1. The molecule has 0 bridgehead atoms. The molecule has 2 atom stereocenters. The number of hydrogen-bond acceptors (Lipinski definition) is 3. The highest BCUT2D eigenvalue weighted by Crippen LogP contribution is 2.35. The monoisotopic (exact) mass is 236 g/mol. The van der Waals surface area contributed by atoms with Crippen LogP contribution in [0.1, 0.15) is 25.0 Å². The topological polar surface area (TPSA) is 66.8 Å². The normalized spacial score (nSPS) is 19.5. The van der Waals surface area contributed by atoms with Gasteiger partial charge in [-0.1, -0.05) is 6.92 Å². The fourth-order valence-corrected chi connectivity index (χ4v) is 2.07. The second kappa shape index (κ2) is 4.28. The third-order valence-corrected chi connectivity index (χ3v) is 3.04. The van der Waals surface area contributed by atoms with E-state index in [9.17, 15) is 9.90 Å². The fraction of sp³-hybridized carbons (Fsp3) is 0.462. The molecule has 0 fully saturated rings. The summed E-state index contributed by atoms with van der Waals surface area (Å²) in [4.78, 5) is 10.8. The molecule has 0 saturated heterocycles. The third kappa shape index (κ3) is 2.35. The summed E-state index contributed by atoms with van der Waals surface area (Å²) in [7, 11) is 0. The van der Waals surface area contributed by atoms with Gasteiger partial charge in [-0.05, 0) is 31.0 Å². The number of carboxylic acid groups (broad SMARTS) is 1. The number of ether oxygens (including phenoxy) is 1. The van der Waals surface area contributed by atoms with E-state index >= 15 is 0 Å². The van der Waals surface area contributed by atoms with Crippen molar-refractivity contribution in [1.82, 2.24) is 0 Å². The van der Waals surface area contributed by atoms with Crippen LogP contribution in [0.25, 0.3) is 0 Å². The molecule has 1 aromatic carbocycles. The van der Waals surface area contributed by atoms with Crippen LogP contribution in [0.3, 0.4) is 0 Å². The maximum Gasteiger partial charge on any atom is 0.306 e. The number of benzene rings is 1. The van der Waals surface area contributed by atoms with Gasteiger partial charge >= 0.3 is 5.97 Å². The zero-order valence-electron chi connectivity index (χ0n) is 9.93. The Morgan fingerprint density at radius 2 is 2.29 bits per heavy atom. The maximum atomic E-state index is 10.8. The molecule has 2 rings (SSSR count). The number of carboxylic acids is 1. The summed E-state index contributed by atoms with van der Waals surface area (Å²) in [6.07, 6.45) is 1.22. The molecule has 1 aromatic rings. The highest BCUT2D eigenvalue weighted by atomic mass is 16.5. The lowest BCUT2D eigenvalue weighted by molar-refractivity contribution is -0.141. The SMILES string of the molecule is CC1Cc2cc(O)c(CC(C)C(=O)O)cc2O1. The van der Waals surface area contributed by atoms with Crippen molar-refractivity contribution in [3.05, 3.63) is 23.3 Å². The molecule has 1 aliphatic heterocycles. The zero-order chi connectivity index (χ0) is 12.6. The van der Waals surface area contributed by atoms with Crippen molar-refractivity contribution in [3.63, 3.8) is 0 Å². The van der Waals surface area contributed by atoms with Gasteiger partial charge in [0.1, 0.15) is 17.6 Å². The van der Waals surface area contributed by atoms with Crippen LogP contribution in [-0.4, -0.2) is 22.3 Å². The summed E-state index contributed by atoms with van der Waals surface area (Å²) < 4.78 is 5.59. The minimum atomic E-state index is -0.862. The van der Waals surface area contributed by atoms with Crippen LogP contribution in [0, 0.1) is 5.92 Å². The Morgan fingerprint density at radius 1 is 1.59 bits per heavy atom. The van der Waals surface area contributed by atoms with Crippen molar-refractivity contribution in [1.29, 1.82) is 0 Å². The van der Waals surface area contributed by atoms with Gasteiger partial charge in [-0.15, -0.1) is 0 Å². The van der Waals surface area contributed by atoms with Crippen LogP contribution in [-0.2, 0) is 17.6 Å². The average Bonchev–Trinajstić information content (AvgIpc) is 2.57. The first-order chi connectivity index (χ1) is 7.97. The van der Waals surface area contributed by atoms with E-state index in [4.69, 9.17) is 9.84 Å². The zero-order valence-corrected chi connectivity index (χ0v) is 9.93. The van der Waals surface area contributed by atoms with Gasteiger partial charge in [0.05, 0.1) is 5.92 Å². The first kappa shape index (κ1) is 11.8. The summed E-state index contributed by atoms with van der Waals surface area (Å²) in [5, 5.41) is 18.7. The van der Waals surface area contributed by atoms with E-state index in [1.807, 2.05) is 6.92 Å². The molecule has 1 aliphatic rings. The standard InChI is InChI=1S/C13H16O4/c1-7(13(15)16)3-9-6-12-10(5-11(9)14)4-8(2)17-12/h5-8,14H,3-4H2,1-2H3,(H,15,16). The van der Waals surface area contributed by atoms with Crippen molar-refractivity contribution < 1.29 is 19.7 Å². The van der Waals surface area contributed by atoms with Gasteiger partial charge in [0.25, 0.3) is 0 Å². The molecular formula is C13H16O4. The van der Waals surface area contributed by atoms with Crippen molar-refractivity contribution >= 4 is 5.97 Å². The highest BCUT2D eigenvalue weighted by Gasteiger charge is 2.22. The molecule has 1 heterocycles. The molecule has 2 N–H and O–H groups in total. The molecular weight excluding hydrogens is 220 g/mol. The van der Waals surface area contributed by atoms with E-state index in [1.165, 1.54) is 0 Å². The van der Waals surface area contributed by atoms with Crippen molar-refractivity contribution in [2.45, 2.75) is 32.8 Å².